The van der Waals surface area contributed by atoms with Crippen molar-refractivity contribution in [2.75, 3.05) is 13.1 Å². The maximum absolute atomic E-state index is 2.73. The van der Waals surface area contributed by atoms with Crippen molar-refractivity contribution in [3.05, 3.63) is 48.6 Å². The zero-order valence-corrected chi connectivity index (χ0v) is 11.9. The SMILES string of the molecule is CC(CC(C1C=CC=C1)N1CCCC1)C1C=CC=C1. The molecular formula is C18H25N. The van der Waals surface area contributed by atoms with Crippen LogP contribution >= 0.6 is 0 Å². The van der Waals surface area contributed by atoms with E-state index in [-0.39, 0.29) is 0 Å². The predicted molar refractivity (Wildman–Crippen MR) is 81.9 cm³/mol. The number of allylic oxidation sites excluding steroid dienone is 6. The molecule has 3 rings (SSSR count). The molecule has 2 atom stereocenters. The van der Waals surface area contributed by atoms with E-state index in [0.29, 0.717) is 17.9 Å². The average molecular weight is 255 g/mol. The summed E-state index contributed by atoms with van der Waals surface area (Å²) >= 11 is 0. The van der Waals surface area contributed by atoms with Gasteiger partial charge in [0.15, 0.2) is 0 Å². The van der Waals surface area contributed by atoms with Crippen LogP contribution in [-0.4, -0.2) is 24.0 Å². The summed E-state index contributed by atoms with van der Waals surface area (Å²) in [7, 11) is 0. The van der Waals surface area contributed by atoms with E-state index >= 15 is 0 Å². The molecule has 0 amide bonds. The lowest BCUT2D eigenvalue weighted by Gasteiger charge is -2.34. The maximum Gasteiger partial charge on any atom is 0.0196 e. The largest absolute Gasteiger partial charge is 0.299 e. The smallest absolute Gasteiger partial charge is 0.0196 e. The van der Waals surface area contributed by atoms with E-state index in [0.717, 1.165) is 5.92 Å². The molecule has 0 aromatic rings. The van der Waals surface area contributed by atoms with E-state index in [1.807, 2.05) is 0 Å². The van der Waals surface area contributed by atoms with Crippen LogP contribution in [0.2, 0.25) is 0 Å². The average Bonchev–Trinajstić information content (AvgIpc) is 3.17. The van der Waals surface area contributed by atoms with E-state index < -0.39 is 0 Å². The third-order valence-electron chi connectivity index (χ3n) is 4.88. The Balaban J connectivity index is 1.67. The third-order valence-corrected chi connectivity index (χ3v) is 4.88. The van der Waals surface area contributed by atoms with Gasteiger partial charge in [0.05, 0.1) is 0 Å². The Morgan fingerprint density at radius 3 is 2.00 bits per heavy atom. The number of likely N-dealkylation sites (tertiary alicyclic amines) is 1. The topological polar surface area (TPSA) is 3.24 Å². The Kier molecular flexibility index (Phi) is 4.03. The van der Waals surface area contributed by atoms with Gasteiger partial charge in [0.1, 0.15) is 0 Å². The van der Waals surface area contributed by atoms with E-state index in [1.165, 1.54) is 32.4 Å². The molecule has 0 spiro atoms. The molecule has 1 fully saturated rings. The molecule has 19 heavy (non-hydrogen) atoms. The summed E-state index contributed by atoms with van der Waals surface area (Å²) in [6.07, 6.45) is 22.4. The second-order valence-electron chi connectivity index (χ2n) is 6.22. The van der Waals surface area contributed by atoms with Crippen molar-refractivity contribution in [2.24, 2.45) is 17.8 Å². The highest BCUT2D eigenvalue weighted by molar-refractivity contribution is 5.21. The second-order valence-corrected chi connectivity index (χ2v) is 6.22. The van der Waals surface area contributed by atoms with Crippen LogP contribution in [0.1, 0.15) is 26.2 Å². The van der Waals surface area contributed by atoms with Crippen molar-refractivity contribution in [1.29, 1.82) is 0 Å². The van der Waals surface area contributed by atoms with Crippen LogP contribution in [-0.2, 0) is 0 Å². The Labute approximate surface area is 117 Å². The predicted octanol–water partition coefficient (Wildman–Crippen LogP) is 3.96. The van der Waals surface area contributed by atoms with Gasteiger partial charge in [-0.3, -0.25) is 4.90 Å². The van der Waals surface area contributed by atoms with Crippen LogP contribution in [0.15, 0.2) is 48.6 Å². The minimum absolute atomic E-state index is 0.634. The molecule has 0 radical (unpaired) electrons. The number of hydrogen-bond acceptors (Lipinski definition) is 1. The van der Waals surface area contributed by atoms with Crippen LogP contribution in [0.25, 0.3) is 0 Å². The summed E-state index contributed by atoms with van der Waals surface area (Å²) in [5.41, 5.74) is 0. The highest BCUT2D eigenvalue weighted by Crippen LogP contribution is 2.31. The molecule has 0 saturated carbocycles. The van der Waals surface area contributed by atoms with E-state index in [4.69, 9.17) is 0 Å². The molecule has 1 heterocycles. The molecule has 102 valence electrons. The van der Waals surface area contributed by atoms with Gasteiger partial charge in [-0.25, -0.2) is 0 Å². The van der Waals surface area contributed by atoms with Crippen LogP contribution in [0.5, 0.6) is 0 Å². The number of rotatable bonds is 5. The Morgan fingerprint density at radius 2 is 1.42 bits per heavy atom. The molecule has 1 saturated heterocycles. The molecule has 2 aliphatic carbocycles. The first-order valence-electron chi connectivity index (χ1n) is 7.78. The molecule has 0 aromatic heterocycles. The summed E-state index contributed by atoms with van der Waals surface area (Å²) in [6.45, 7) is 5.01. The quantitative estimate of drug-likeness (QED) is 0.718. The molecule has 0 bridgehead atoms. The molecule has 3 aliphatic rings. The third kappa shape index (κ3) is 2.92. The van der Waals surface area contributed by atoms with Gasteiger partial charge in [0, 0.05) is 12.0 Å². The number of hydrogen-bond donors (Lipinski definition) is 0. The molecule has 1 aliphatic heterocycles. The first-order chi connectivity index (χ1) is 9.34. The molecule has 1 nitrogen and oxygen atoms in total. The lowest BCUT2D eigenvalue weighted by Crippen LogP contribution is -2.39. The summed E-state index contributed by atoms with van der Waals surface area (Å²) < 4.78 is 0. The Morgan fingerprint density at radius 1 is 0.895 bits per heavy atom. The monoisotopic (exact) mass is 255 g/mol. The lowest BCUT2D eigenvalue weighted by atomic mass is 9.84. The fourth-order valence-electron chi connectivity index (χ4n) is 3.69. The highest BCUT2D eigenvalue weighted by Gasteiger charge is 2.30. The minimum atomic E-state index is 0.634. The highest BCUT2D eigenvalue weighted by atomic mass is 15.2. The zero-order valence-electron chi connectivity index (χ0n) is 11.9. The summed E-state index contributed by atoms with van der Waals surface area (Å²) in [5, 5.41) is 0. The van der Waals surface area contributed by atoms with Crippen molar-refractivity contribution in [3.8, 4) is 0 Å². The van der Waals surface area contributed by atoms with Crippen LogP contribution in [0, 0.1) is 17.8 Å². The van der Waals surface area contributed by atoms with Gasteiger partial charge >= 0.3 is 0 Å². The van der Waals surface area contributed by atoms with Gasteiger partial charge < -0.3 is 0 Å². The molecular weight excluding hydrogens is 230 g/mol. The summed E-state index contributed by atoms with van der Waals surface area (Å²) in [5.74, 6) is 2.03. The van der Waals surface area contributed by atoms with Crippen LogP contribution in [0.3, 0.4) is 0 Å². The van der Waals surface area contributed by atoms with Gasteiger partial charge in [0.25, 0.3) is 0 Å². The first kappa shape index (κ1) is 12.9. The zero-order chi connectivity index (χ0) is 13.1. The van der Waals surface area contributed by atoms with Crippen molar-refractivity contribution in [2.45, 2.75) is 32.2 Å². The summed E-state index contributed by atoms with van der Waals surface area (Å²) in [6, 6.07) is 0.704. The van der Waals surface area contributed by atoms with Gasteiger partial charge in [-0.2, -0.15) is 0 Å². The fourth-order valence-corrected chi connectivity index (χ4v) is 3.69. The molecule has 0 aromatic carbocycles. The van der Waals surface area contributed by atoms with Crippen molar-refractivity contribution >= 4 is 0 Å². The normalized spacial score (nSPS) is 26.8. The fraction of sp³-hybridized carbons (Fsp3) is 0.556. The Hall–Kier alpha value is -1.08. The van der Waals surface area contributed by atoms with Gasteiger partial charge in [0.2, 0.25) is 0 Å². The van der Waals surface area contributed by atoms with Crippen molar-refractivity contribution < 1.29 is 0 Å². The van der Waals surface area contributed by atoms with E-state index in [2.05, 4.69) is 60.4 Å². The van der Waals surface area contributed by atoms with Crippen LogP contribution < -0.4 is 0 Å². The van der Waals surface area contributed by atoms with Gasteiger partial charge in [-0.05, 0) is 44.2 Å². The molecule has 1 heteroatoms. The molecule has 2 unspecified atom stereocenters. The first-order valence-corrected chi connectivity index (χ1v) is 7.78. The second kappa shape index (κ2) is 5.92. The van der Waals surface area contributed by atoms with Gasteiger partial charge in [-0.1, -0.05) is 55.5 Å². The molecule has 0 N–H and O–H groups in total. The Bertz CT molecular complexity index is 385. The van der Waals surface area contributed by atoms with Crippen molar-refractivity contribution in [1.82, 2.24) is 4.90 Å². The number of nitrogens with zero attached hydrogens (tertiary/aromatic N) is 1. The van der Waals surface area contributed by atoms with E-state index in [9.17, 15) is 0 Å². The summed E-state index contributed by atoms with van der Waals surface area (Å²) in [4.78, 5) is 2.73. The van der Waals surface area contributed by atoms with E-state index in [1.54, 1.807) is 0 Å². The maximum atomic E-state index is 2.73. The van der Waals surface area contributed by atoms with Crippen LogP contribution in [0.4, 0.5) is 0 Å². The lowest BCUT2D eigenvalue weighted by molar-refractivity contribution is 0.178. The minimum Gasteiger partial charge on any atom is -0.299 e. The standard InChI is InChI=1S/C18H25N/c1-15(16-8-2-3-9-16)14-18(17-10-4-5-11-17)19-12-6-7-13-19/h2-5,8-11,15-18H,6-7,12-14H2,1H3. The van der Waals surface area contributed by atoms with Crippen molar-refractivity contribution in [3.63, 3.8) is 0 Å². The van der Waals surface area contributed by atoms with Gasteiger partial charge in [-0.15, -0.1) is 0 Å².